The summed E-state index contributed by atoms with van der Waals surface area (Å²) in [6, 6.07) is -2.95. The number of amides is 5. The fraction of sp³-hybridized carbons (Fsp3) is 0.704. The predicted molar refractivity (Wildman–Crippen MR) is 145 cm³/mol. The Morgan fingerprint density at radius 1 is 1.00 bits per heavy atom. The number of nitrogens with zero attached hydrogens (tertiary/aromatic N) is 1. The lowest BCUT2D eigenvalue weighted by atomic mass is 9.85. The van der Waals surface area contributed by atoms with Crippen LogP contribution >= 0.6 is 0 Å². The number of hydrogen-bond acceptors (Lipinski definition) is 7. The minimum atomic E-state index is -1.12. The first-order valence-electron chi connectivity index (χ1n) is 13.3. The van der Waals surface area contributed by atoms with E-state index in [-0.39, 0.29) is 25.4 Å². The zero-order chi connectivity index (χ0) is 30.0. The van der Waals surface area contributed by atoms with Crippen molar-refractivity contribution in [1.29, 1.82) is 0 Å². The molecule has 1 rings (SSSR count). The first-order chi connectivity index (χ1) is 18.0. The van der Waals surface area contributed by atoms with Crippen molar-refractivity contribution in [2.75, 3.05) is 19.6 Å². The quantitative estimate of drug-likeness (QED) is 0.161. The molecule has 0 aromatic rings. The molecule has 12 nitrogen and oxygen atoms in total. The molecule has 1 fully saturated rings. The van der Waals surface area contributed by atoms with Crippen molar-refractivity contribution >= 4 is 35.5 Å². The van der Waals surface area contributed by atoms with Gasteiger partial charge < -0.3 is 30.9 Å². The Labute approximate surface area is 231 Å². The molecule has 12 heteroatoms. The van der Waals surface area contributed by atoms with Crippen LogP contribution in [0.3, 0.4) is 0 Å². The van der Waals surface area contributed by atoms with Crippen LogP contribution in [0.2, 0.25) is 0 Å². The van der Waals surface area contributed by atoms with Crippen LogP contribution in [0, 0.1) is 5.41 Å². The third-order valence-electron chi connectivity index (χ3n) is 5.91. The van der Waals surface area contributed by atoms with Gasteiger partial charge in [-0.3, -0.25) is 24.0 Å². The smallest absolute Gasteiger partial charge is 0.408 e. The summed E-state index contributed by atoms with van der Waals surface area (Å²) in [5, 5.41) is 10.2. The Kier molecular flexibility index (Phi) is 12.6. The van der Waals surface area contributed by atoms with E-state index in [1.807, 2.05) is 0 Å². The molecule has 1 aliphatic rings. The van der Waals surface area contributed by atoms with Gasteiger partial charge in [-0.2, -0.15) is 0 Å². The molecule has 0 radical (unpaired) electrons. The highest BCUT2D eigenvalue weighted by Crippen LogP contribution is 2.26. The molecule has 1 saturated heterocycles. The highest BCUT2D eigenvalue weighted by atomic mass is 16.6. The molecule has 0 saturated carbocycles. The number of ether oxygens (including phenoxy) is 1. The number of carbonyl (C=O) groups is 6. The van der Waals surface area contributed by atoms with Crippen LogP contribution in [0.15, 0.2) is 12.7 Å². The lowest BCUT2D eigenvalue weighted by Crippen LogP contribution is -2.59. The molecule has 39 heavy (non-hydrogen) atoms. The van der Waals surface area contributed by atoms with Gasteiger partial charge in [-0.1, -0.05) is 26.8 Å². The summed E-state index contributed by atoms with van der Waals surface area (Å²) >= 11 is 0. The number of nitrogens with one attached hydrogen (secondary N) is 4. The highest BCUT2D eigenvalue weighted by molar-refractivity contribution is 6.38. The number of allylic oxidation sites excluding steroid dienone is 1. The number of carbonyl (C=O) groups excluding carboxylic acids is 6. The van der Waals surface area contributed by atoms with Crippen LogP contribution in [0.1, 0.15) is 74.1 Å². The van der Waals surface area contributed by atoms with Gasteiger partial charge in [0, 0.05) is 26.6 Å². The molecule has 0 aliphatic carbocycles. The van der Waals surface area contributed by atoms with Gasteiger partial charge in [-0.15, -0.1) is 6.58 Å². The fourth-order valence-corrected chi connectivity index (χ4v) is 4.02. The topological polar surface area (TPSA) is 163 Å². The van der Waals surface area contributed by atoms with E-state index in [0.717, 1.165) is 0 Å². The molecule has 5 amide bonds. The normalized spacial score (nSPS) is 16.9. The highest BCUT2D eigenvalue weighted by Gasteiger charge is 2.43. The van der Waals surface area contributed by atoms with Gasteiger partial charge >= 0.3 is 6.09 Å². The van der Waals surface area contributed by atoms with Crippen LogP contribution in [-0.4, -0.2) is 83.8 Å². The zero-order valence-electron chi connectivity index (χ0n) is 24.3. The number of alkyl carbamates (subject to hydrolysis) is 1. The van der Waals surface area contributed by atoms with E-state index in [0.29, 0.717) is 25.8 Å². The first kappa shape index (κ1) is 33.6. The molecular weight excluding hydrogens is 506 g/mol. The number of likely N-dealkylation sites (tertiary alicyclic amines) is 1. The van der Waals surface area contributed by atoms with Crippen molar-refractivity contribution < 1.29 is 33.5 Å². The van der Waals surface area contributed by atoms with Gasteiger partial charge in [-0.05, 0) is 51.9 Å². The average Bonchev–Trinajstić information content (AvgIpc) is 3.30. The fourth-order valence-electron chi connectivity index (χ4n) is 4.02. The summed E-state index contributed by atoms with van der Waals surface area (Å²) < 4.78 is 5.33. The van der Waals surface area contributed by atoms with Crippen molar-refractivity contribution in [2.24, 2.45) is 5.41 Å². The first-order valence-corrected chi connectivity index (χ1v) is 13.3. The Bertz CT molecular complexity index is 936. The molecule has 220 valence electrons. The summed E-state index contributed by atoms with van der Waals surface area (Å²) in [4.78, 5) is 77.0. The maximum absolute atomic E-state index is 13.6. The molecule has 0 aromatic heterocycles. The third kappa shape index (κ3) is 11.5. The minimum absolute atomic E-state index is 0.0516. The van der Waals surface area contributed by atoms with Gasteiger partial charge in [0.2, 0.25) is 23.5 Å². The molecule has 4 N–H and O–H groups in total. The van der Waals surface area contributed by atoms with E-state index in [2.05, 4.69) is 27.8 Å². The van der Waals surface area contributed by atoms with Crippen molar-refractivity contribution in [1.82, 2.24) is 26.2 Å². The summed E-state index contributed by atoms with van der Waals surface area (Å²) in [6.45, 7) is 16.0. The summed E-state index contributed by atoms with van der Waals surface area (Å²) in [6.07, 6.45) is 2.28. The second-order valence-electron chi connectivity index (χ2n) is 11.7. The minimum Gasteiger partial charge on any atom is -0.444 e. The lowest BCUT2D eigenvalue weighted by Gasteiger charge is -2.36. The van der Waals surface area contributed by atoms with E-state index in [1.165, 1.54) is 11.8 Å². The monoisotopic (exact) mass is 551 g/mol. The van der Waals surface area contributed by atoms with Gasteiger partial charge in [0.15, 0.2) is 0 Å². The van der Waals surface area contributed by atoms with Crippen molar-refractivity contribution in [3.63, 3.8) is 0 Å². The maximum Gasteiger partial charge on any atom is 0.408 e. The average molecular weight is 552 g/mol. The maximum atomic E-state index is 13.6. The van der Waals surface area contributed by atoms with E-state index >= 15 is 0 Å². The standard InChI is InChI=1S/C27H45N5O7/c1-9-10-12-18(20(34)23(36)29-15-14-28-17(2)33)30-22(35)19-13-11-16-32(19)24(37)21(26(3,4)5)31-25(38)39-27(6,7)8/h9,18-19,21H,1,10-16H2,2-8H3,(H,28,33)(H,29,36)(H,30,35)(H,31,38)/t18?,19-,21?/m0/s1. The molecule has 1 aliphatic heterocycles. The van der Waals surface area contributed by atoms with Gasteiger partial charge in [0.25, 0.3) is 5.91 Å². The van der Waals surface area contributed by atoms with Crippen LogP contribution in [0.25, 0.3) is 0 Å². The Morgan fingerprint density at radius 3 is 2.15 bits per heavy atom. The van der Waals surface area contributed by atoms with E-state index in [4.69, 9.17) is 4.74 Å². The van der Waals surface area contributed by atoms with Crippen molar-refractivity contribution in [3.8, 4) is 0 Å². The number of rotatable bonds is 12. The molecule has 0 spiro atoms. The molecule has 0 bridgehead atoms. The molecular formula is C27H45N5O7. The molecule has 0 aromatic carbocycles. The van der Waals surface area contributed by atoms with Crippen LogP contribution in [-0.2, 0) is 28.7 Å². The van der Waals surface area contributed by atoms with E-state index in [1.54, 1.807) is 47.6 Å². The number of Topliss-reactive ketones (excluding diaryl/α,β-unsaturated/α-hetero) is 1. The number of hydrogen-bond donors (Lipinski definition) is 4. The largest absolute Gasteiger partial charge is 0.444 e. The molecule has 1 heterocycles. The second kappa shape index (κ2) is 14.6. The van der Waals surface area contributed by atoms with Gasteiger partial charge in [-0.25, -0.2) is 4.79 Å². The van der Waals surface area contributed by atoms with Crippen LogP contribution < -0.4 is 21.3 Å². The van der Waals surface area contributed by atoms with Crippen molar-refractivity contribution in [3.05, 3.63) is 12.7 Å². The molecule has 3 atom stereocenters. The Hall–Kier alpha value is -3.44. The summed E-state index contributed by atoms with van der Waals surface area (Å²) in [5.41, 5.74) is -1.44. The van der Waals surface area contributed by atoms with Crippen molar-refractivity contribution in [2.45, 2.75) is 97.9 Å². The van der Waals surface area contributed by atoms with Crippen LogP contribution in [0.4, 0.5) is 4.79 Å². The van der Waals surface area contributed by atoms with E-state index in [9.17, 15) is 28.8 Å². The SMILES string of the molecule is C=CCCC(NC(=O)[C@@H]1CCCN1C(=O)C(NC(=O)OC(C)(C)C)C(C)(C)C)C(=O)C(=O)NCCNC(C)=O. The number of ketones is 1. The second-order valence-corrected chi connectivity index (χ2v) is 11.7. The lowest BCUT2D eigenvalue weighted by molar-refractivity contribution is -0.144. The predicted octanol–water partition coefficient (Wildman–Crippen LogP) is 1.19. The van der Waals surface area contributed by atoms with Crippen LogP contribution in [0.5, 0.6) is 0 Å². The Morgan fingerprint density at radius 2 is 1.62 bits per heavy atom. The van der Waals surface area contributed by atoms with Gasteiger partial charge in [0.05, 0.1) is 6.04 Å². The Balaban J connectivity index is 3.00. The third-order valence-corrected chi connectivity index (χ3v) is 5.91. The van der Waals surface area contributed by atoms with E-state index < -0.39 is 58.7 Å². The zero-order valence-corrected chi connectivity index (χ0v) is 24.3. The summed E-state index contributed by atoms with van der Waals surface area (Å²) in [5.74, 6) is -2.97. The molecule has 2 unspecified atom stereocenters. The summed E-state index contributed by atoms with van der Waals surface area (Å²) in [7, 11) is 0. The van der Waals surface area contributed by atoms with Gasteiger partial charge in [0.1, 0.15) is 17.7 Å².